The first kappa shape index (κ1) is 15.2. The molecule has 6 heteroatoms. The van der Waals surface area contributed by atoms with E-state index < -0.39 is 6.41 Å². The number of hydrogen-bond acceptors (Lipinski definition) is 4. The Kier molecular flexibility index (Phi) is 3.73. The molecule has 3 aliphatic rings. The summed E-state index contributed by atoms with van der Waals surface area (Å²) in [6.45, 7) is 0.718. The lowest BCUT2D eigenvalue weighted by Crippen LogP contribution is -2.43. The quantitative estimate of drug-likeness (QED) is 0.913. The van der Waals surface area contributed by atoms with Crippen LogP contribution < -0.4 is 0 Å². The zero-order valence-electron chi connectivity index (χ0n) is 12.8. The second-order valence-electron chi connectivity index (χ2n) is 7.09. The molecule has 0 aromatic heterocycles. The number of benzene rings is 1. The lowest BCUT2D eigenvalue weighted by atomic mass is 9.83. The van der Waals surface area contributed by atoms with Gasteiger partial charge in [0.1, 0.15) is 5.82 Å². The van der Waals surface area contributed by atoms with E-state index in [4.69, 9.17) is 16.4 Å². The smallest absolute Gasteiger partial charge is 0.307 e. The zero-order valence-corrected chi connectivity index (χ0v) is 13.6. The predicted molar refractivity (Wildman–Crippen MR) is 85.4 cm³/mol. The van der Waals surface area contributed by atoms with E-state index in [0.29, 0.717) is 16.4 Å². The Morgan fingerprint density at radius 3 is 2.83 bits per heavy atom. The SMILES string of the molecule is OC1ON=C(Cc2c(F)cccc2Cl)N1CC12CCC(CC1)C2. The maximum absolute atomic E-state index is 14.0. The summed E-state index contributed by atoms with van der Waals surface area (Å²) in [5.74, 6) is 1.02. The molecule has 2 saturated carbocycles. The van der Waals surface area contributed by atoms with Gasteiger partial charge in [0, 0.05) is 23.6 Å². The van der Waals surface area contributed by atoms with Crippen molar-refractivity contribution < 1.29 is 14.3 Å². The summed E-state index contributed by atoms with van der Waals surface area (Å²) < 4.78 is 14.0. The Bertz CT molecular complexity index is 623. The second kappa shape index (κ2) is 5.64. The standard InChI is InChI=1S/C17H20ClFN2O2/c18-13-2-1-3-14(19)12(13)8-15-20-23-16(22)21(15)10-17-6-4-11(9-17)5-7-17/h1-3,11,16,22H,4-10H2. The molecular weight excluding hydrogens is 319 g/mol. The van der Waals surface area contributed by atoms with Crippen molar-refractivity contribution in [1.82, 2.24) is 4.90 Å². The normalized spacial score (nSPS) is 32.3. The molecule has 2 bridgehead atoms. The molecule has 0 saturated heterocycles. The van der Waals surface area contributed by atoms with Crippen molar-refractivity contribution in [2.45, 2.75) is 44.9 Å². The topological polar surface area (TPSA) is 45.1 Å². The van der Waals surface area contributed by atoms with Crippen molar-refractivity contribution in [2.24, 2.45) is 16.5 Å². The van der Waals surface area contributed by atoms with Crippen molar-refractivity contribution in [3.05, 3.63) is 34.6 Å². The molecule has 0 amide bonds. The van der Waals surface area contributed by atoms with E-state index in [2.05, 4.69) is 5.16 Å². The third-order valence-electron chi connectivity index (χ3n) is 5.64. The van der Waals surface area contributed by atoms with Gasteiger partial charge in [0.05, 0.1) is 0 Å². The van der Waals surface area contributed by atoms with Gasteiger partial charge < -0.3 is 9.94 Å². The first-order valence-corrected chi connectivity index (χ1v) is 8.54. The van der Waals surface area contributed by atoms with Crippen LogP contribution in [0.1, 0.15) is 37.7 Å². The summed E-state index contributed by atoms with van der Waals surface area (Å²) in [6.07, 6.45) is 5.28. The molecule has 124 valence electrons. The van der Waals surface area contributed by atoms with Crippen LogP contribution in [0.3, 0.4) is 0 Å². The van der Waals surface area contributed by atoms with Crippen molar-refractivity contribution in [3.8, 4) is 0 Å². The molecule has 1 aromatic rings. The third-order valence-corrected chi connectivity index (χ3v) is 5.99. The molecule has 23 heavy (non-hydrogen) atoms. The lowest BCUT2D eigenvalue weighted by molar-refractivity contribution is -0.152. The van der Waals surface area contributed by atoms with Crippen molar-refractivity contribution in [1.29, 1.82) is 0 Å². The Balaban J connectivity index is 1.53. The fraction of sp³-hybridized carbons (Fsp3) is 0.588. The van der Waals surface area contributed by atoms with Crippen molar-refractivity contribution >= 4 is 17.4 Å². The van der Waals surface area contributed by atoms with Crippen LogP contribution in [-0.2, 0) is 11.3 Å². The molecule has 0 radical (unpaired) electrons. The summed E-state index contributed by atoms with van der Waals surface area (Å²) in [5, 5.41) is 14.5. The minimum absolute atomic E-state index is 0.224. The van der Waals surface area contributed by atoms with Crippen molar-refractivity contribution in [2.75, 3.05) is 6.54 Å². The molecule has 2 aliphatic carbocycles. The van der Waals surface area contributed by atoms with E-state index in [1.54, 1.807) is 17.0 Å². The van der Waals surface area contributed by atoms with E-state index in [-0.39, 0.29) is 17.7 Å². The summed E-state index contributed by atoms with van der Waals surface area (Å²) in [4.78, 5) is 6.82. The average molecular weight is 339 g/mol. The van der Waals surface area contributed by atoms with Gasteiger partial charge in [0.2, 0.25) is 0 Å². The molecule has 2 fully saturated rings. The fourth-order valence-electron chi connectivity index (χ4n) is 4.40. The van der Waals surface area contributed by atoms with Crippen LogP contribution in [0.5, 0.6) is 0 Å². The summed E-state index contributed by atoms with van der Waals surface area (Å²) >= 11 is 6.11. The minimum Gasteiger partial charge on any atom is -0.340 e. The fourth-order valence-corrected chi connectivity index (χ4v) is 4.63. The molecule has 1 unspecified atom stereocenters. The number of nitrogens with zero attached hydrogens (tertiary/aromatic N) is 2. The van der Waals surface area contributed by atoms with Crippen LogP contribution in [0.2, 0.25) is 5.02 Å². The van der Waals surface area contributed by atoms with Crippen LogP contribution in [0.4, 0.5) is 4.39 Å². The van der Waals surface area contributed by atoms with Crippen LogP contribution in [-0.4, -0.2) is 28.8 Å². The number of halogens is 2. The Hall–Kier alpha value is -1.33. The van der Waals surface area contributed by atoms with Gasteiger partial charge >= 0.3 is 6.41 Å². The summed E-state index contributed by atoms with van der Waals surface area (Å²) in [6, 6.07) is 4.63. The van der Waals surface area contributed by atoms with Crippen LogP contribution >= 0.6 is 11.6 Å². The highest BCUT2D eigenvalue weighted by Crippen LogP contribution is 2.54. The maximum Gasteiger partial charge on any atom is 0.307 e. The third kappa shape index (κ3) is 2.70. The molecule has 1 aliphatic heterocycles. The Morgan fingerprint density at radius 1 is 1.39 bits per heavy atom. The molecule has 4 nitrogen and oxygen atoms in total. The predicted octanol–water partition coefficient (Wildman–Crippen LogP) is 3.52. The van der Waals surface area contributed by atoms with Gasteiger partial charge in [0.25, 0.3) is 0 Å². The number of amidine groups is 1. The van der Waals surface area contributed by atoms with Gasteiger partial charge in [-0.1, -0.05) is 22.8 Å². The average Bonchev–Trinajstić information content (AvgIpc) is 3.21. The van der Waals surface area contributed by atoms with E-state index in [0.717, 1.165) is 12.5 Å². The van der Waals surface area contributed by atoms with E-state index >= 15 is 0 Å². The van der Waals surface area contributed by atoms with Crippen molar-refractivity contribution in [3.63, 3.8) is 0 Å². The maximum atomic E-state index is 14.0. The number of aliphatic hydroxyl groups excluding tert-OH is 1. The first-order chi connectivity index (χ1) is 11.1. The summed E-state index contributed by atoms with van der Waals surface area (Å²) in [5.41, 5.74) is 0.642. The highest BCUT2D eigenvalue weighted by Gasteiger charge is 2.47. The molecule has 4 rings (SSSR count). The Morgan fingerprint density at radius 2 is 2.17 bits per heavy atom. The molecule has 1 heterocycles. The van der Waals surface area contributed by atoms with Crippen LogP contribution in [0.15, 0.2) is 23.4 Å². The van der Waals surface area contributed by atoms with E-state index in [9.17, 15) is 9.50 Å². The van der Waals surface area contributed by atoms with Gasteiger partial charge in [-0.2, -0.15) is 0 Å². The van der Waals surface area contributed by atoms with Gasteiger partial charge in [-0.25, -0.2) is 4.39 Å². The number of aliphatic hydroxyl groups is 1. The lowest BCUT2D eigenvalue weighted by Gasteiger charge is -2.33. The van der Waals surface area contributed by atoms with Crippen LogP contribution in [0, 0.1) is 17.2 Å². The number of hydrogen-bond donors (Lipinski definition) is 1. The monoisotopic (exact) mass is 338 g/mol. The van der Waals surface area contributed by atoms with Gasteiger partial charge in [-0.15, -0.1) is 0 Å². The number of oxime groups is 1. The van der Waals surface area contributed by atoms with Gasteiger partial charge in [0.15, 0.2) is 5.84 Å². The first-order valence-electron chi connectivity index (χ1n) is 8.17. The molecule has 1 N–H and O–H groups in total. The van der Waals surface area contributed by atoms with E-state index in [1.165, 1.54) is 38.2 Å². The van der Waals surface area contributed by atoms with E-state index in [1.807, 2.05) is 0 Å². The number of rotatable bonds is 4. The zero-order chi connectivity index (χ0) is 16.0. The highest BCUT2D eigenvalue weighted by molar-refractivity contribution is 6.31. The molecule has 1 aromatic carbocycles. The van der Waals surface area contributed by atoms with Gasteiger partial charge in [-0.05, 0) is 55.6 Å². The summed E-state index contributed by atoms with van der Waals surface area (Å²) in [7, 11) is 0. The molecular formula is C17H20ClFN2O2. The minimum atomic E-state index is -1.08. The Labute approximate surface area is 139 Å². The largest absolute Gasteiger partial charge is 0.340 e. The van der Waals surface area contributed by atoms with Gasteiger partial charge in [-0.3, -0.25) is 4.90 Å². The molecule has 0 spiro atoms. The number of fused-ring (bicyclic) bond motifs is 2. The molecule has 1 atom stereocenters. The highest BCUT2D eigenvalue weighted by atomic mass is 35.5. The van der Waals surface area contributed by atoms with Crippen LogP contribution in [0.25, 0.3) is 0 Å². The second-order valence-corrected chi connectivity index (χ2v) is 7.50.